The molecule has 0 bridgehead atoms. The molecule has 6 aromatic carbocycles. The molecule has 9 rings (SSSR count). The molecule has 0 saturated heterocycles. The molecule has 0 N–H and O–H groups in total. The Balaban J connectivity index is 1.39. The van der Waals surface area contributed by atoms with Gasteiger partial charge in [-0.15, -0.1) is 0 Å². The van der Waals surface area contributed by atoms with Gasteiger partial charge in [-0.05, 0) is 60.7 Å². The van der Waals surface area contributed by atoms with Gasteiger partial charge in [0, 0.05) is 32.7 Å². The fraction of sp³-hybridized carbons (Fsp3) is 0. The number of nitrogens with zero attached hydrogens (tertiary/aromatic N) is 8. The van der Waals surface area contributed by atoms with Crippen molar-refractivity contribution in [3.8, 4) is 46.5 Å². The van der Waals surface area contributed by atoms with Crippen LogP contribution in [0.3, 0.4) is 0 Å². The lowest BCUT2D eigenvalue weighted by molar-refractivity contribution is 0.952. The third kappa shape index (κ3) is 4.40. The summed E-state index contributed by atoms with van der Waals surface area (Å²) >= 11 is 0. The molecule has 0 atom stereocenters. The van der Waals surface area contributed by atoms with E-state index in [0.717, 1.165) is 54.9 Å². The van der Waals surface area contributed by atoms with E-state index in [-0.39, 0.29) is 0 Å². The molecule has 9 aromatic rings. The zero-order chi connectivity index (χ0) is 33.8. The van der Waals surface area contributed by atoms with Gasteiger partial charge in [-0.1, -0.05) is 72.8 Å². The van der Waals surface area contributed by atoms with Crippen molar-refractivity contribution in [3.05, 3.63) is 156 Å². The Labute approximate surface area is 285 Å². The minimum absolute atomic E-state index is 0.397. The minimum Gasteiger partial charge on any atom is -0.309 e. The van der Waals surface area contributed by atoms with Gasteiger partial charge in [0.05, 0.1) is 57.6 Å². The zero-order valence-electron chi connectivity index (χ0n) is 26.3. The second kappa shape index (κ2) is 11.3. The lowest BCUT2D eigenvalue weighted by Crippen LogP contribution is -2.07. The smallest absolute Gasteiger partial charge is 0.238 e. The Kier molecular flexibility index (Phi) is 6.45. The first-order valence-corrected chi connectivity index (χ1v) is 15.9. The molecular weight excluding hydrogens is 617 g/mol. The van der Waals surface area contributed by atoms with E-state index in [2.05, 4.69) is 50.4 Å². The third-order valence-corrected chi connectivity index (χ3v) is 9.05. The summed E-state index contributed by atoms with van der Waals surface area (Å²) in [5.41, 5.74) is 7.27. The van der Waals surface area contributed by atoms with Crippen molar-refractivity contribution < 1.29 is 0 Å². The van der Waals surface area contributed by atoms with Crippen LogP contribution in [0.5, 0.6) is 0 Å². The van der Waals surface area contributed by atoms with Gasteiger partial charge in [-0.3, -0.25) is 4.57 Å². The van der Waals surface area contributed by atoms with E-state index in [4.69, 9.17) is 21.5 Å². The summed E-state index contributed by atoms with van der Waals surface area (Å²) in [6.45, 7) is 7.91. The Morgan fingerprint density at radius 1 is 0.520 bits per heavy atom. The molecule has 0 aliphatic carbocycles. The summed E-state index contributed by atoms with van der Waals surface area (Å²) in [4.78, 5) is 19.1. The van der Waals surface area contributed by atoms with Gasteiger partial charge in [-0.2, -0.15) is 20.5 Å². The molecular formula is C42H22N8. The Morgan fingerprint density at radius 2 is 1.08 bits per heavy atom. The van der Waals surface area contributed by atoms with Crippen molar-refractivity contribution >= 4 is 49.3 Å². The van der Waals surface area contributed by atoms with Crippen molar-refractivity contribution in [2.24, 2.45) is 0 Å². The van der Waals surface area contributed by atoms with Gasteiger partial charge in [0.25, 0.3) is 0 Å². The number of hydrogen-bond acceptors (Lipinski definition) is 5. The van der Waals surface area contributed by atoms with E-state index in [1.807, 2.05) is 91.0 Å². The van der Waals surface area contributed by atoms with E-state index >= 15 is 0 Å². The number of para-hydroxylation sites is 2. The zero-order valence-corrected chi connectivity index (χ0v) is 26.3. The van der Waals surface area contributed by atoms with E-state index < -0.39 is 0 Å². The molecule has 0 saturated carbocycles. The van der Waals surface area contributed by atoms with Crippen LogP contribution in [0.15, 0.2) is 133 Å². The van der Waals surface area contributed by atoms with E-state index in [9.17, 15) is 10.5 Å². The van der Waals surface area contributed by atoms with Gasteiger partial charge >= 0.3 is 0 Å². The molecule has 8 nitrogen and oxygen atoms in total. The lowest BCUT2D eigenvalue weighted by Gasteiger charge is -2.16. The number of nitriles is 2. The fourth-order valence-corrected chi connectivity index (χ4v) is 6.83. The van der Waals surface area contributed by atoms with Crippen molar-refractivity contribution in [1.29, 1.82) is 10.5 Å². The number of benzene rings is 6. The highest BCUT2D eigenvalue weighted by Gasteiger charge is 2.22. The minimum atomic E-state index is 0.397. The van der Waals surface area contributed by atoms with Gasteiger partial charge in [0.15, 0.2) is 17.3 Å². The van der Waals surface area contributed by atoms with Crippen LogP contribution in [0, 0.1) is 29.2 Å². The second-order valence-corrected chi connectivity index (χ2v) is 11.9. The number of fused-ring (bicyclic) bond motifs is 6. The lowest BCUT2D eigenvalue weighted by atomic mass is 10.1. The summed E-state index contributed by atoms with van der Waals surface area (Å²) < 4.78 is 4.15. The van der Waals surface area contributed by atoms with Crippen molar-refractivity contribution in [3.63, 3.8) is 0 Å². The summed E-state index contributed by atoms with van der Waals surface area (Å²) in [5.74, 6) is 1.34. The third-order valence-electron chi connectivity index (χ3n) is 9.05. The van der Waals surface area contributed by atoms with Crippen molar-refractivity contribution in [2.45, 2.75) is 0 Å². The van der Waals surface area contributed by atoms with Crippen LogP contribution in [0.2, 0.25) is 0 Å². The average Bonchev–Trinajstić information content (AvgIpc) is 3.69. The van der Waals surface area contributed by atoms with E-state index in [0.29, 0.717) is 40.0 Å². The molecule has 0 aliphatic rings. The normalized spacial score (nSPS) is 11.1. The summed E-state index contributed by atoms with van der Waals surface area (Å²) in [6, 6.07) is 47.3. The molecule has 0 fully saturated rings. The standard InChI is InChI=1S/C42H22N8/c1-45-29-17-20-39(49-37-18-15-26(24-43)21-32(37)33-22-27(25-44)16-19-38(33)49)34(23-29)41-46-40(28-9-3-2-4-10-28)47-42(48-41)50-35-13-7-5-11-30(35)31-12-6-8-14-36(31)50/h2-23H. The van der Waals surface area contributed by atoms with Crippen LogP contribution in [0.4, 0.5) is 5.69 Å². The van der Waals surface area contributed by atoms with Gasteiger partial charge < -0.3 is 4.57 Å². The monoisotopic (exact) mass is 638 g/mol. The highest BCUT2D eigenvalue weighted by Crippen LogP contribution is 2.39. The van der Waals surface area contributed by atoms with Gasteiger partial charge in [0.2, 0.25) is 5.95 Å². The molecule has 0 unspecified atom stereocenters. The summed E-state index contributed by atoms with van der Waals surface area (Å²) in [7, 11) is 0. The van der Waals surface area contributed by atoms with Crippen LogP contribution in [-0.4, -0.2) is 24.1 Å². The molecule has 0 radical (unpaired) electrons. The number of rotatable bonds is 4. The number of hydrogen-bond donors (Lipinski definition) is 0. The Hall–Kier alpha value is -7.60. The maximum Gasteiger partial charge on any atom is 0.238 e. The van der Waals surface area contributed by atoms with Crippen LogP contribution >= 0.6 is 0 Å². The molecule has 0 aliphatic heterocycles. The largest absolute Gasteiger partial charge is 0.309 e. The van der Waals surface area contributed by atoms with Gasteiger partial charge in [-0.25, -0.2) is 9.83 Å². The quantitative estimate of drug-likeness (QED) is 0.179. The molecule has 8 heteroatoms. The molecule has 0 amide bonds. The molecule has 0 spiro atoms. The summed E-state index contributed by atoms with van der Waals surface area (Å²) in [5, 5.41) is 23.3. The first-order valence-electron chi connectivity index (χ1n) is 15.9. The molecule has 230 valence electrons. The first-order chi connectivity index (χ1) is 24.6. The fourth-order valence-electron chi connectivity index (χ4n) is 6.83. The van der Waals surface area contributed by atoms with Gasteiger partial charge in [0.1, 0.15) is 0 Å². The molecule has 3 aromatic heterocycles. The van der Waals surface area contributed by atoms with Crippen LogP contribution < -0.4 is 0 Å². The average molecular weight is 639 g/mol. The van der Waals surface area contributed by atoms with Crippen LogP contribution in [0.25, 0.3) is 82.9 Å². The van der Waals surface area contributed by atoms with Crippen molar-refractivity contribution in [1.82, 2.24) is 24.1 Å². The molecule has 50 heavy (non-hydrogen) atoms. The van der Waals surface area contributed by atoms with E-state index in [1.165, 1.54) is 0 Å². The first kappa shape index (κ1) is 28.6. The Bertz CT molecular complexity index is 2840. The predicted octanol–water partition coefficient (Wildman–Crippen LogP) is 9.69. The number of aromatic nitrogens is 5. The SMILES string of the molecule is [C-]#[N+]c1ccc(-n2c3ccc(C#N)cc3c3cc(C#N)ccc32)c(-c2nc(-c3ccccc3)nc(-n3c4ccccc4c4ccccc43)n2)c1. The topological polar surface area (TPSA) is 100 Å². The highest BCUT2D eigenvalue weighted by atomic mass is 15.2. The maximum atomic E-state index is 9.74. The second-order valence-electron chi connectivity index (χ2n) is 11.9. The van der Waals surface area contributed by atoms with Crippen LogP contribution in [0.1, 0.15) is 11.1 Å². The highest BCUT2D eigenvalue weighted by molar-refractivity contribution is 6.11. The maximum absolute atomic E-state index is 9.74. The van der Waals surface area contributed by atoms with Crippen LogP contribution in [-0.2, 0) is 0 Å². The van der Waals surface area contributed by atoms with Crippen molar-refractivity contribution in [2.75, 3.05) is 0 Å². The van der Waals surface area contributed by atoms with E-state index in [1.54, 1.807) is 18.2 Å². The predicted molar refractivity (Wildman–Crippen MR) is 195 cm³/mol. The summed E-state index contributed by atoms with van der Waals surface area (Å²) in [6.07, 6.45) is 0. The molecule has 3 heterocycles. The Morgan fingerprint density at radius 3 is 1.68 bits per heavy atom.